The fourth-order valence-corrected chi connectivity index (χ4v) is 5.52. The lowest BCUT2D eigenvalue weighted by Crippen LogP contribution is -2.64. The Morgan fingerprint density at radius 2 is 1.56 bits per heavy atom. The standard InChI is InChI=1S/C24H37N5O3/c1-3-28-22(31)20-15-19(21(30)25-17-11-7-5-4-6-8-12-17)27-29(20)16-24(28,2)23(32)26-18-13-9-10-14-18/h15,17-18H,3-14,16H2,1-2H3,(H,25,30)(H,26,32). The van der Waals surface area contributed by atoms with E-state index in [0.717, 1.165) is 51.4 Å². The quantitative estimate of drug-likeness (QED) is 0.731. The highest BCUT2D eigenvalue weighted by Crippen LogP contribution is 2.29. The molecule has 1 unspecified atom stereocenters. The van der Waals surface area contributed by atoms with Crippen LogP contribution in [0.1, 0.15) is 105 Å². The van der Waals surface area contributed by atoms with E-state index in [1.165, 1.54) is 19.3 Å². The number of rotatable bonds is 5. The summed E-state index contributed by atoms with van der Waals surface area (Å²) in [5.41, 5.74) is -0.395. The van der Waals surface area contributed by atoms with Crippen LogP contribution in [0.25, 0.3) is 0 Å². The molecule has 1 aliphatic heterocycles. The van der Waals surface area contributed by atoms with Crippen LogP contribution in [-0.2, 0) is 11.3 Å². The van der Waals surface area contributed by atoms with Crippen molar-refractivity contribution in [2.75, 3.05) is 6.54 Å². The molecule has 2 aliphatic carbocycles. The molecule has 8 heteroatoms. The Labute approximate surface area is 190 Å². The van der Waals surface area contributed by atoms with Crippen molar-refractivity contribution >= 4 is 17.7 Å². The number of nitrogens with zero attached hydrogens (tertiary/aromatic N) is 3. The lowest BCUT2D eigenvalue weighted by molar-refractivity contribution is -0.133. The number of aromatic nitrogens is 2. The Bertz CT molecular complexity index is 852. The van der Waals surface area contributed by atoms with Gasteiger partial charge < -0.3 is 15.5 Å². The van der Waals surface area contributed by atoms with Crippen molar-refractivity contribution < 1.29 is 14.4 Å². The van der Waals surface area contributed by atoms with Crippen LogP contribution in [-0.4, -0.2) is 56.6 Å². The van der Waals surface area contributed by atoms with Gasteiger partial charge in [-0.05, 0) is 39.5 Å². The number of nitrogens with one attached hydrogen (secondary N) is 2. The molecule has 2 saturated carbocycles. The molecule has 0 spiro atoms. The molecule has 2 fully saturated rings. The van der Waals surface area contributed by atoms with Crippen LogP contribution in [0.4, 0.5) is 0 Å². The molecule has 176 valence electrons. The molecular formula is C24H37N5O3. The van der Waals surface area contributed by atoms with Crippen LogP contribution in [0.2, 0.25) is 0 Å². The lowest BCUT2D eigenvalue weighted by atomic mass is 9.94. The Morgan fingerprint density at radius 3 is 2.19 bits per heavy atom. The van der Waals surface area contributed by atoms with Crippen LogP contribution < -0.4 is 10.6 Å². The van der Waals surface area contributed by atoms with Crippen molar-refractivity contribution in [3.8, 4) is 0 Å². The fraction of sp³-hybridized carbons (Fsp3) is 0.750. The molecule has 3 aliphatic rings. The predicted octanol–water partition coefficient (Wildman–Crippen LogP) is 3.02. The van der Waals surface area contributed by atoms with Crippen molar-refractivity contribution in [2.24, 2.45) is 0 Å². The largest absolute Gasteiger partial charge is 0.351 e. The van der Waals surface area contributed by atoms with E-state index in [-0.39, 0.29) is 42.0 Å². The zero-order chi connectivity index (χ0) is 22.7. The second-order valence-electron chi connectivity index (χ2n) is 9.87. The van der Waals surface area contributed by atoms with Gasteiger partial charge in [0.15, 0.2) is 5.69 Å². The van der Waals surface area contributed by atoms with Crippen LogP contribution in [0.3, 0.4) is 0 Å². The molecule has 1 aromatic heterocycles. The average Bonchev–Trinajstić information content (AvgIpc) is 3.40. The molecule has 2 heterocycles. The van der Waals surface area contributed by atoms with Crippen LogP contribution in [0, 0.1) is 0 Å². The zero-order valence-electron chi connectivity index (χ0n) is 19.5. The van der Waals surface area contributed by atoms with Gasteiger partial charge in [0.05, 0.1) is 6.54 Å². The number of fused-ring (bicyclic) bond motifs is 1. The van der Waals surface area contributed by atoms with E-state index in [1.54, 1.807) is 22.6 Å². The average molecular weight is 444 g/mol. The van der Waals surface area contributed by atoms with E-state index in [0.29, 0.717) is 12.2 Å². The summed E-state index contributed by atoms with van der Waals surface area (Å²) in [6.07, 6.45) is 12.2. The van der Waals surface area contributed by atoms with Gasteiger partial charge in [-0.2, -0.15) is 5.10 Å². The molecule has 1 aromatic rings. The highest BCUT2D eigenvalue weighted by Gasteiger charge is 2.48. The highest BCUT2D eigenvalue weighted by molar-refractivity contribution is 6.02. The van der Waals surface area contributed by atoms with E-state index in [9.17, 15) is 14.4 Å². The molecule has 32 heavy (non-hydrogen) atoms. The second-order valence-corrected chi connectivity index (χ2v) is 9.87. The summed E-state index contributed by atoms with van der Waals surface area (Å²) < 4.78 is 1.55. The van der Waals surface area contributed by atoms with Crippen molar-refractivity contribution in [3.63, 3.8) is 0 Å². The number of carbonyl (C=O) groups is 3. The van der Waals surface area contributed by atoms with E-state index in [1.807, 2.05) is 6.92 Å². The Hall–Kier alpha value is -2.38. The number of likely N-dealkylation sites (N-methyl/N-ethyl adjacent to an activating group) is 1. The van der Waals surface area contributed by atoms with Gasteiger partial charge in [0.1, 0.15) is 11.2 Å². The van der Waals surface area contributed by atoms with Crippen LogP contribution in [0.5, 0.6) is 0 Å². The number of hydrogen-bond donors (Lipinski definition) is 2. The minimum absolute atomic E-state index is 0.138. The highest BCUT2D eigenvalue weighted by atomic mass is 16.2. The molecular weight excluding hydrogens is 406 g/mol. The third-order valence-corrected chi connectivity index (χ3v) is 7.47. The van der Waals surface area contributed by atoms with Crippen molar-refractivity contribution in [1.82, 2.24) is 25.3 Å². The molecule has 8 nitrogen and oxygen atoms in total. The lowest BCUT2D eigenvalue weighted by Gasteiger charge is -2.43. The first-order chi connectivity index (χ1) is 15.4. The first-order valence-corrected chi connectivity index (χ1v) is 12.4. The summed E-state index contributed by atoms with van der Waals surface area (Å²) in [4.78, 5) is 41.0. The third kappa shape index (κ3) is 4.55. The summed E-state index contributed by atoms with van der Waals surface area (Å²) in [5.74, 6) is -0.618. The fourth-order valence-electron chi connectivity index (χ4n) is 5.52. The first-order valence-electron chi connectivity index (χ1n) is 12.4. The molecule has 1 atom stereocenters. The first kappa shape index (κ1) is 22.8. The van der Waals surface area contributed by atoms with Gasteiger partial charge in [-0.1, -0.05) is 44.9 Å². The van der Waals surface area contributed by atoms with Crippen LogP contribution in [0.15, 0.2) is 6.07 Å². The van der Waals surface area contributed by atoms with Crippen LogP contribution >= 0.6 is 0 Å². The third-order valence-electron chi connectivity index (χ3n) is 7.47. The summed E-state index contributed by atoms with van der Waals surface area (Å²) in [6.45, 7) is 4.35. The van der Waals surface area contributed by atoms with Gasteiger partial charge in [0.2, 0.25) is 5.91 Å². The molecule has 2 N–H and O–H groups in total. The maximum absolute atomic E-state index is 13.3. The zero-order valence-corrected chi connectivity index (χ0v) is 19.5. The summed E-state index contributed by atoms with van der Waals surface area (Å²) in [7, 11) is 0. The minimum Gasteiger partial charge on any atom is -0.351 e. The van der Waals surface area contributed by atoms with Gasteiger partial charge in [-0.3, -0.25) is 19.1 Å². The molecule has 4 rings (SSSR count). The van der Waals surface area contributed by atoms with Gasteiger partial charge in [0.25, 0.3) is 11.8 Å². The number of carbonyl (C=O) groups excluding carboxylic acids is 3. The Balaban J connectivity index is 1.51. The van der Waals surface area contributed by atoms with Gasteiger partial charge >= 0.3 is 0 Å². The van der Waals surface area contributed by atoms with Crippen molar-refractivity contribution in [3.05, 3.63) is 17.5 Å². The van der Waals surface area contributed by atoms with Gasteiger partial charge in [0, 0.05) is 24.7 Å². The SMILES string of the molecule is CCN1C(=O)c2cc(C(=O)NC3CCCCCCC3)nn2CC1(C)C(=O)NC1CCCC1. The Kier molecular flexibility index (Phi) is 6.86. The molecule has 0 bridgehead atoms. The monoisotopic (exact) mass is 443 g/mol. The topological polar surface area (TPSA) is 96.3 Å². The molecule has 0 aromatic carbocycles. The van der Waals surface area contributed by atoms with Gasteiger partial charge in [-0.15, -0.1) is 0 Å². The predicted molar refractivity (Wildman–Crippen MR) is 121 cm³/mol. The van der Waals surface area contributed by atoms with E-state index in [4.69, 9.17) is 0 Å². The summed E-state index contributed by atoms with van der Waals surface area (Å²) in [6, 6.07) is 1.92. The number of hydrogen-bond acceptors (Lipinski definition) is 4. The molecule has 3 amide bonds. The van der Waals surface area contributed by atoms with E-state index >= 15 is 0 Å². The Morgan fingerprint density at radius 1 is 1.00 bits per heavy atom. The summed E-state index contributed by atoms with van der Waals surface area (Å²) in [5, 5.41) is 10.7. The normalized spacial score (nSPS) is 25.2. The van der Waals surface area contributed by atoms with E-state index < -0.39 is 5.54 Å². The van der Waals surface area contributed by atoms with E-state index in [2.05, 4.69) is 15.7 Å². The number of amides is 3. The maximum atomic E-state index is 13.3. The smallest absolute Gasteiger partial charge is 0.273 e. The minimum atomic E-state index is -1.03. The van der Waals surface area contributed by atoms with Crippen molar-refractivity contribution in [2.45, 2.75) is 109 Å². The van der Waals surface area contributed by atoms with Crippen molar-refractivity contribution in [1.29, 1.82) is 0 Å². The molecule has 0 radical (unpaired) electrons. The second kappa shape index (κ2) is 9.63. The molecule has 0 saturated heterocycles. The maximum Gasteiger partial charge on any atom is 0.273 e. The van der Waals surface area contributed by atoms with Gasteiger partial charge in [-0.25, -0.2) is 0 Å². The summed E-state index contributed by atoms with van der Waals surface area (Å²) >= 11 is 0.